The number of amides is 1. The fourth-order valence-corrected chi connectivity index (χ4v) is 0.906. The van der Waals surface area contributed by atoms with Crippen LogP contribution in [0.3, 0.4) is 0 Å². The second-order valence-electron chi connectivity index (χ2n) is 2.69. The van der Waals surface area contributed by atoms with Crippen molar-refractivity contribution >= 4 is 11.9 Å². The molecule has 1 rings (SSSR count). The zero-order chi connectivity index (χ0) is 12.5. The maximum Gasteiger partial charge on any atom is 0.283 e. The van der Waals surface area contributed by atoms with Gasteiger partial charge in [-0.1, -0.05) is 0 Å². The molecule has 4 N–H and O–H groups in total. The smallest absolute Gasteiger partial charge is 0.283 e. The molecule has 0 unspecified atom stereocenters. The number of nitrogens with zero attached hydrogens (tertiary/aromatic N) is 1. The molecular formula is C8H5F4N3O. The highest BCUT2D eigenvalue weighted by molar-refractivity contribution is 6.02. The number of halogens is 4. The standard InChI is InChI=1S/C8H5F4N3O/c9-3-1-2(7(16)15-8(13)14)4(10)6(12)5(3)11/h1H,(H4,13,14,15,16). The van der Waals surface area contributed by atoms with Gasteiger partial charge in [0.1, 0.15) is 0 Å². The maximum absolute atomic E-state index is 13.0. The first-order valence-corrected chi connectivity index (χ1v) is 3.81. The van der Waals surface area contributed by atoms with Crippen molar-refractivity contribution < 1.29 is 22.4 Å². The Bertz CT molecular complexity index is 483. The van der Waals surface area contributed by atoms with Gasteiger partial charge in [0, 0.05) is 0 Å². The van der Waals surface area contributed by atoms with Gasteiger partial charge < -0.3 is 11.5 Å². The van der Waals surface area contributed by atoms with Crippen molar-refractivity contribution in [3.8, 4) is 0 Å². The van der Waals surface area contributed by atoms with Crippen molar-refractivity contribution in [3.63, 3.8) is 0 Å². The van der Waals surface area contributed by atoms with Gasteiger partial charge in [-0.2, -0.15) is 4.99 Å². The van der Waals surface area contributed by atoms with Crippen LogP contribution in [0.25, 0.3) is 0 Å². The molecule has 0 radical (unpaired) electrons. The highest BCUT2D eigenvalue weighted by atomic mass is 19.2. The average Bonchev–Trinajstić information content (AvgIpc) is 2.19. The Kier molecular flexibility index (Phi) is 3.11. The number of rotatable bonds is 1. The number of carbonyl (C=O) groups excluding carboxylic acids is 1. The highest BCUT2D eigenvalue weighted by Gasteiger charge is 2.22. The minimum atomic E-state index is -2.10. The topological polar surface area (TPSA) is 81.5 Å². The van der Waals surface area contributed by atoms with E-state index in [1.165, 1.54) is 0 Å². The number of hydrogen-bond donors (Lipinski definition) is 2. The largest absolute Gasteiger partial charge is 0.370 e. The number of carbonyl (C=O) groups is 1. The summed E-state index contributed by atoms with van der Waals surface area (Å²) in [5.41, 5.74) is 8.53. The van der Waals surface area contributed by atoms with E-state index < -0.39 is 40.7 Å². The first kappa shape index (κ1) is 12.0. The van der Waals surface area contributed by atoms with Crippen LogP contribution in [0, 0.1) is 23.3 Å². The molecular weight excluding hydrogens is 230 g/mol. The minimum absolute atomic E-state index is 0.169. The van der Waals surface area contributed by atoms with Crippen LogP contribution in [0.15, 0.2) is 11.1 Å². The van der Waals surface area contributed by atoms with Crippen LogP contribution in [0.1, 0.15) is 10.4 Å². The summed E-state index contributed by atoms with van der Waals surface area (Å²) in [7, 11) is 0. The molecule has 0 saturated carbocycles. The molecule has 0 aliphatic rings. The van der Waals surface area contributed by atoms with E-state index >= 15 is 0 Å². The Balaban J connectivity index is 3.37. The van der Waals surface area contributed by atoms with E-state index in [-0.39, 0.29) is 6.07 Å². The number of aliphatic imine (C=N–C) groups is 1. The van der Waals surface area contributed by atoms with Gasteiger partial charge in [-0.05, 0) is 6.07 Å². The van der Waals surface area contributed by atoms with Crippen molar-refractivity contribution in [1.29, 1.82) is 0 Å². The Morgan fingerprint density at radius 2 is 1.62 bits per heavy atom. The van der Waals surface area contributed by atoms with Crippen molar-refractivity contribution in [2.45, 2.75) is 0 Å². The van der Waals surface area contributed by atoms with Gasteiger partial charge in [-0.15, -0.1) is 0 Å². The third-order valence-electron chi connectivity index (χ3n) is 1.56. The van der Waals surface area contributed by atoms with Crippen LogP contribution in [0.2, 0.25) is 0 Å². The molecule has 0 bridgehead atoms. The normalized spacial score (nSPS) is 10.0. The zero-order valence-electron chi connectivity index (χ0n) is 7.60. The fourth-order valence-electron chi connectivity index (χ4n) is 0.906. The monoisotopic (exact) mass is 235 g/mol. The second-order valence-corrected chi connectivity index (χ2v) is 2.69. The van der Waals surface area contributed by atoms with Gasteiger partial charge in [0.15, 0.2) is 29.2 Å². The van der Waals surface area contributed by atoms with E-state index in [1.54, 1.807) is 0 Å². The third kappa shape index (κ3) is 2.10. The molecule has 1 aromatic rings. The molecule has 4 nitrogen and oxygen atoms in total. The molecule has 0 aliphatic carbocycles. The number of benzene rings is 1. The van der Waals surface area contributed by atoms with E-state index in [9.17, 15) is 22.4 Å². The van der Waals surface area contributed by atoms with Crippen molar-refractivity contribution in [2.75, 3.05) is 0 Å². The maximum atomic E-state index is 13.0. The lowest BCUT2D eigenvalue weighted by molar-refractivity contribution is 0.0997. The fraction of sp³-hybridized carbons (Fsp3) is 0. The van der Waals surface area contributed by atoms with Gasteiger partial charge in [-0.3, -0.25) is 4.79 Å². The van der Waals surface area contributed by atoms with E-state index in [1.807, 2.05) is 0 Å². The van der Waals surface area contributed by atoms with Gasteiger partial charge in [0.05, 0.1) is 5.56 Å². The lowest BCUT2D eigenvalue weighted by atomic mass is 10.2. The summed E-state index contributed by atoms with van der Waals surface area (Å²) in [4.78, 5) is 13.9. The van der Waals surface area contributed by atoms with E-state index in [0.717, 1.165) is 0 Å². The third-order valence-corrected chi connectivity index (χ3v) is 1.56. The summed E-state index contributed by atoms with van der Waals surface area (Å²) < 4.78 is 50.9. The predicted molar refractivity (Wildman–Crippen MR) is 46.4 cm³/mol. The second kappa shape index (κ2) is 4.17. The Morgan fingerprint density at radius 1 is 1.06 bits per heavy atom. The molecule has 8 heteroatoms. The Morgan fingerprint density at radius 3 is 2.12 bits per heavy atom. The molecule has 0 fully saturated rings. The molecule has 1 amide bonds. The van der Waals surface area contributed by atoms with Crippen LogP contribution < -0.4 is 11.5 Å². The number of hydrogen-bond acceptors (Lipinski definition) is 1. The van der Waals surface area contributed by atoms with Crippen LogP contribution in [0.5, 0.6) is 0 Å². The van der Waals surface area contributed by atoms with Crippen LogP contribution >= 0.6 is 0 Å². The van der Waals surface area contributed by atoms with E-state index in [0.29, 0.717) is 0 Å². The Labute approximate surface area is 86.6 Å². The van der Waals surface area contributed by atoms with Gasteiger partial charge in [0.2, 0.25) is 0 Å². The average molecular weight is 235 g/mol. The molecule has 1 aromatic carbocycles. The summed E-state index contributed by atoms with van der Waals surface area (Å²) >= 11 is 0. The SMILES string of the molecule is NC(N)=NC(=O)c1cc(F)c(F)c(F)c1F. The van der Waals surface area contributed by atoms with Crippen molar-refractivity contribution in [3.05, 3.63) is 34.9 Å². The molecule has 0 heterocycles. The first-order valence-electron chi connectivity index (χ1n) is 3.81. The molecule has 0 aromatic heterocycles. The summed E-state index contributed by atoms with van der Waals surface area (Å²) in [6.45, 7) is 0. The molecule has 86 valence electrons. The Hall–Kier alpha value is -2.12. The lowest BCUT2D eigenvalue weighted by Gasteiger charge is -2.02. The minimum Gasteiger partial charge on any atom is -0.370 e. The van der Waals surface area contributed by atoms with Gasteiger partial charge in [-0.25, -0.2) is 17.6 Å². The molecule has 0 aliphatic heterocycles. The quantitative estimate of drug-likeness (QED) is 0.246. The number of nitrogens with two attached hydrogens (primary N) is 2. The molecule has 0 saturated heterocycles. The highest BCUT2D eigenvalue weighted by Crippen LogP contribution is 2.19. The molecule has 16 heavy (non-hydrogen) atoms. The van der Waals surface area contributed by atoms with Crippen LogP contribution in [-0.2, 0) is 0 Å². The summed E-state index contributed by atoms with van der Waals surface area (Å²) in [6.07, 6.45) is 0. The predicted octanol–water partition coefficient (Wildman–Crippen LogP) is 0.657. The van der Waals surface area contributed by atoms with E-state index in [4.69, 9.17) is 11.5 Å². The summed E-state index contributed by atoms with van der Waals surface area (Å²) in [5, 5.41) is 0. The molecule has 0 atom stereocenters. The first-order chi connectivity index (χ1) is 7.34. The van der Waals surface area contributed by atoms with E-state index in [2.05, 4.69) is 4.99 Å². The lowest BCUT2D eigenvalue weighted by Crippen LogP contribution is -2.24. The summed E-state index contributed by atoms with van der Waals surface area (Å²) in [6, 6.07) is 0.169. The van der Waals surface area contributed by atoms with Crippen LogP contribution in [0.4, 0.5) is 17.6 Å². The molecule has 0 spiro atoms. The van der Waals surface area contributed by atoms with Gasteiger partial charge >= 0.3 is 0 Å². The summed E-state index contributed by atoms with van der Waals surface area (Å²) in [5.74, 6) is -9.81. The van der Waals surface area contributed by atoms with Crippen molar-refractivity contribution in [1.82, 2.24) is 0 Å². The zero-order valence-corrected chi connectivity index (χ0v) is 7.60. The van der Waals surface area contributed by atoms with Gasteiger partial charge in [0.25, 0.3) is 5.91 Å². The van der Waals surface area contributed by atoms with Crippen LogP contribution in [-0.4, -0.2) is 11.9 Å². The van der Waals surface area contributed by atoms with Crippen molar-refractivity contribution in [2.24, 2.45) is 16.5 Å². The number of guanidine groups is 1.